The van der Waals surface area contributed by atoms with Crippen LogP contribution in [0.25, 0.3) is 0 Å². The number of nitrogens with one attached hydrogen (secondary N) is 1. The van der Waals surface area contributed by atoms with E-state index in [1.807, 2.05) is 0 Å². The number of Topliss-reactive ketones (excluding diaryl/α,β-unsaturated/α-hetero) is 1. The van der Waals surface area contributed by atoms with E-state index in [9.17, 15) is 14.4 Å². The van der Waals surface area contributed by atoms with E-state index in [2.05, 4.69) is 15.3 Å². The normalized spacial score (nSPS) is 14.9. The van der Waals surface area contributed by atoms with Crippen LogP contribution in [0, 0.1) is 0 Å². The van der Waals surface area contributed by atoms with Crippen LogP contribution in [0.3, 0.4) is 0 Å². The summed E-state index contributed by atoms with van der Waals surface area (Å²) in [5, 5.41) is 5.75. The molecular weight excluding hydrogens is 391 g/mol. The van der Waals surface area contributed by atoms with Gasteiger partial charge in [0.1, 0.15) is 0 Å². The number of fused-ring (bicyclic) bond motifs is 1. The minimum atomic E-state index is -0.876. The Balaban J connectivity index is 1.93. The quantitative estimate of drug-likeness (QED) is 0.472. The van der Waals surface area contributed by atoms with Gasteiger partial charge in [-0.3, -0.25) is 9.59 Å². The van der Waals surface area contributed by atoms with Gasteiger partial charge in [-0.25, -0.2) is 4.79 Å². The number of oxime groups is 1. The number of rotatable bonds is 2. The predicted molar refractivity (Wildman–Crippen MR) is 93.7 cm³/mol. The molecule has 0 bridgehead atoms. The lowest BCUT2D eigenvalue weighted by Crippen LogP contribution is -2.36. The minimum absolute atomic E-state index is 0.00563. The van der Waals surface area contributed by atoms with Crippen LogP contribution in [0.15, 0.2) is 41.6 Å². The number of anilines is 1. The van der Waals surface area contributed by atoms with Crippen LogP contribution < -0.4 is 5.32 Å². The standard InChI is InChI=1S/C16H7Cl3N2O4/c17-9-6-8-12(11(19)10(9)18)20-15(23)13(14(8)22)21-25-16(24)7-4-2-1-3-5-7/h1-6H,(H,20,23). The van der Waals surface area contributed by atoms with Gasteiger partial charge in [0, 0.05) is 0 Å². The number of carbonyl (C=O) groups is 3. The van der Waals surface area contributed by atoms with E-state index in [0.29, 0.717) is 0 Å². The molecule has 1 heterocycles. The number of hydrogen-bond acceptors (Lipinski definition) is 5. The van der Waals surface area contributed by atoms with E-state index >= 15 is 0 Å². The predicted octanol–water partition coefficient (Wildman–Crippen LogP) is 3.99. The molecule has 0 spiro atoms. The van der Waals surface area contributed by atoms with E-state index in [0.717, 1.165) is 0 Å². The Hall–Kier alpha value is -2.41. The number of halogens is 3. The number of amides is 1. The van der Waals surface area contributed by atoms with Crippen LogP contribution in [-0.2, 0) is 9.63 Å². The van der Waals surface area contributed by atoms with Gasteiger partial charge in [0.2, 0.25) is 11.5 Å². The molecule has 0 fully saturated rings. The molecule has 0 aromatic heterocycles. The highest BCUT2D eigenvalue weighted by Crippen LogP contribution is 2.40. The molecule has 1 aliphatic heterocycles. The summed E-state index contributed by atoms with van der Waals surface area (Å²) in [7, 11) is 0. The van der Waals surface area contributed by atoms with Gasteiger partial charge in [-0.15, -0.1) is 0 Å². The molecule has 1 N–H and O–H groups in total. The Morgan fingerprint density at radius 2 is 1.72 bits per heavy atom. The summed E-state index contributed by atoms with van der Waals surface area (Å²) in [6.07, 6.45) is 0. The van der Waals surface area contributed by atoms with Crippen molar-refractivity contribution in [3.63, 3.8) is 0 Å². The average molecular weight is 398 g/mol. The van der Waals surface area contributed by atoms with Gasteiger partial charge in [-0.05, 0) is 18.2 Å². The Kier molecular flexibility index (Phi) is 4.76. The molecule has 6 nitrogen and oxygen atoms in total. The first-order valence-corrected chi connectivity index (χ1v) is 7.91. The maximum absolute atomic E-state index is 12.4. The fourth-order valence-electron chi connectivity index (χ4n) is 2.10. The highest BCUT2D eigenvalue weighted by atomic mass is 35.5. The van der Waals surface area contributed by atoms with Gasteiger partial charge in [-0.2, -0.15) is 0 Å². The lowest BCUT2D eigenvalue weighted by atomic mass is 10.00. The number of carbonyl (C=O) groups excluding carboxylic acids is 3. The monoisotopic (exact) mass is 396 g/mol. The molecule has 0 aliphatic carbocycles. The van der Waals surface area contributed by atoms with Crippen molar-refractivity contribution in [1.82, 2.24) is 0 Å². The van der Waals surface area contributed by atoms with Crippen LogP contribution in [0.5, 0.6) is 0 Å². The van der Waals surface area contributed by atoms with E-state index < -0.39 is 23.4 Å². The van der Waals surface area contributed by atoms with E-state index in [4.69, 9.17) is 34.8 Å². The van der Waals surface area contributed by atoms with Gasteiger partial charge in [-0.1, -0.05) is 58.2 Å². The molecule has 2 aromatic rings. The van der Waals surface area contributed by atoms with E-state index in [1.54, 1.807) is 18.2 Å². The van der Waals surface area contributed by atoms with Crippen molar-refractivity contribution in [3.8, 4) is 0 Å². The van der Waals surface area contributed by atoms with Crippen molar-refractivity contribution >= 4 is 63.9 Å². The first-order chi connectivity index (χ1) is 11.9. The zero-order chi connectivity index (χ0) is 18.1. The van der Waals surface area contributed by atoms with Gasteiger partial charge in [0.15, 0.2) is 0 Å². The third kappa shape index (κ3) is 3.24. The summed E-state index contributed by atoms with van der Waals surface area (Å²) < 4.78 is 0. The first kappa shape index (κ1) is 17.4. The molecule has 1 aliphatic rings. The second kappa shape index (κ2) is 6.84. The molecule has 0 atom stereocenters. The van der Waals surface area contributed by atoms with Gasteiger partial charge in [0.25, 0.3) is 5.91 Å². The van der Waals surface area contributed by atoms with Crippen molar-refractivity contribution in [3.05, 3.63) is 62.6 Å². The third-order valence-corrected chi connectivity index (χ3v) is 4.57. The smallest absolute Gasteiger partial charge is 0.318 e. The molecular formula is C16H7Cl3N2O4. The van der Waals surface area contributed by atoms with Crippen molar-refractivity contribution in [2.45, 2.75) is 0 Å². The van der Waals surface area contributed by atoms with Crippen LogP contribution >= 0.6 is 34.8 Å². The molecule has 1 amide bonds. The van der Waals surface area contributed by atoms with Gasteiger partial charge < -0.3 is 10.2 Å². The van der Waals surface area contributed by atoms with Crippen molar-refractivity contribution < 1.29 is 19.2 Å². The molecule has 0 saturated carbocycles. The molecule has 2 aromatic carbocycles. The molecule has 0 radical (unpaired) electrons. The summed E-state index contributed by atoms with van der Waals surface area (Å²) in [6.45, 7) is 0. The topological polar surface area (TPSA) is 84.8 Å². The summed E-state index contributed by atoms with van der Waals surface area (Å²) in [5.74, 6) is -2.48. The minimum Gasteiger partial charge on any atom is -0.318 e. The summed E-state index contributed by atoms with van der Waals surface area (Å²) in [4.78, 5) is 41.1. The fourth-order valence-corrected chi connectivity index (χ4v) is 2.75. The second-order valence-corrected chi connectivity index (χ2v) is 6.04. The molecule has 126 valence electrons. The maximum Gasteiger partial charge on any atom is 0.365 e. The van der Waals surface area contributed by atoms with Crippen LogP contribution in [0.1, 0.15) is 20.7 Å². The van der Waals surface area contributed by atoms with E-state index in [1.165, 1.54) is 18.2 Å². The lowest BCUT2D eigenvalue weighted by Gasteiger charge is -2.19. The third-order valence-electron chi connectivity index (χ3n) is 3.30. The molecule has 0 saturated heterocycles. The molecule has 9 heteroatoms. The Morgan fingerprint density at radius 1 is 1.04 bits per heavy atom. The second-order valence-electron chi connectivity index (χ2n) is 4.88. The molecule has 0 unspecified atom stereocenters. The van der Waals surface area contributed by atoms with Crippen LogP contribution in [-0.4, -0.2) is 23.4 Å². The van der Waals surface area contributed by atoms with Crippen molar-refractivity contribution in [2.24, 2.45) is 5.16 Å². The summed E-state index contributed by atoms with van der Waals surface area (Å²) in [6, 6.07) is 9.24. The number of hydrogen-bond donors (Lipinski definition) is 1. The summed E-state index contributed by atoms with van der Waals surface area (Å²) >= 11 is 17.8. The fraction of sp³-hybridized carbons (Fsp3) is 0. The first-order valence-electron chi connectivity index (χ1n) is 6.78. The van der Waals surface area contributed by atoms with Crippen LogP contribution in [0.4, 0.5) is 5.69 Å². The van der Waals surface area contributed by atoms with Crippen LogP contribution in [0.2, 0.25) is 15.1 Å². The summed E-state index contributed by atoms with van der Waals surface area (Å²) in [5.41, 5.74) is -0.368. The van der Waals surface area contributed by atoms with E-state index in [-0.39, 0.29) is 31.9 Å². The zero-order valence-electron chi connectivity index (χ0n) is 12.2. The number of benzene rings is 2. The molecule has 3 rings (SSSR count). The Bertz CT molecular complexity index is 942. The SMILES string of the molecule is O=C1Nc2c(cc(Cl)c(Cl)c2Cl)C(=O)C1=NOC(=O)c1ccccc1. The number of ketones is 1. The Morgan fingerprint density at radius 3 is 2.40 bits per heavy atom. The van der Waals surface area contributed by atoms with Crippen molar-refractivity contribution in [1.29, 1.82) is 0 Å². The van der Waals surface area contributed by atoms with Crippen molar-refractivity contribution in [2.75, 3.05) is 5.32 Å². The van der Waals surface area contributed by atoms with Gasteiger partial charge >= 0.3 is 5.97 Å². The highest BCUT2D eigenvalue weighted by Gasteiger charge is 2.34. The number of nitrogens with zero attached hydrogens (tertiary/aromatic N) is 1. The maximum atomic E-state index is 12.4. The largest absolute Gasteiger partial charge is 0.365 e. The average Bonchev–Trinajstić information content (AvgIpc) is 2.61. The highest BCUT2D eigenvalue weighted by molar-refractivity contribution is 6.73. The molecule has 25 heavy (non-hydrogen) atoms. The zero-order valence-corrected chi connectivity index (χ0v) is 14.4. The lowest BCUT2D eigenvalue weighted by molar-refractivity contribution is -0.110. The van der Waals surface area contributed by atoms with Gasteiger partial charge in [0.05, 0.1) is 31.9 Å². The Labute approximate surface area is 156 Å².